The van der Waals surface area contributed by atoms with E-state index in [1.165, 1.54) is 4.90 Å². The van der Waals surface area contributed by atoms with Crippen molar-refractivity contribution in [1.29, 1.82) is 0 Å². The topological polar surface area (TPSA) is 96.4 Å². The molecular formula is C30H48N2O6. The predicted octanol–water partition coefficient (Wildman–Crippen LogP) is 3.87. The number of aliphatic hydroxyl groups is 1. The van der Waals surface area contributed by atoms with E-state index >= 15 is 0 Å². The fourth-order valence-corrected chi connectivity index (χ4v) is 7.49. The van der Waals surface area contributed by atoms with Crippen molar-refractivity contribution in [3.05, 3.63) is 25.3 Å². The molecule has 8 nitrogen and oxygen atoms in total. The first-order valence-electron chi connectivity index (χ1n) is 14.0. The summed E-state index contributed by atoms with van der Waals surface area (Å²) in [7, 11) is 0. The zero-order valence-corrected chi connectivity index (χ0v) is 24.4. The molecule has 6 atom stereocenters. The summed E-state index contributed by atoms with van der Waals surface area (Å²) in [6.07, 6.45) is 6.19. The molecule has 0 aromatic heterocycles. The Hall–Kier alpha value is -2.19. The molecule has 3 rings (SSSR count). The molecule has 2 amide bonds. The number of aliphatic hydroxyl groups excluding tert-OH is 1. The molecule has 3 aliphatic rings. The van der Waals surface area contributed by atoms with Crippen molar-refractivity contribution >= 4 is 17.8 Å². The lowest BCUT2D eigenvalue weighted by molar-refractivity contribution is -0.164. The number of nitrogens with zero attached hydrogens (tertiary/aromatic N) is 2. The van der Waals surface area contributed by atoms with E-state index in [4.69, 9.17) is 9.47 Å². The first kappa shape index (κ1) is 30.4. The second-order valence-electron chi connectivity index (χ2n) is 13.1. The van der Waals surface area contributed by atoms with Gasteiger partial charge in [-0.05, 0) is 58.3 Å². The van der Waals surface area contributed by atoms with E-state index in [1.807, 2.05) is 20.8 Å². The average molecular weight is 533 g/mol. The number of likely N-dealkylation sites (tertiary alicyclic amines) is 1. The fraction of sp³-hybridized carbons (Fsp3) is 0.767. The van der Waals surface area contributed by atoms with Crippen LogP contribution in [0.3, 0.4) is 0 Å². The highest BCUT2D eigenvalue weighted by Gasteiger charge is 2.79. The Kier molecular flexibility index (Phi) is 8.60. The SMILES string of the molecule is C=CCCOC(=O)[C@H]1[C@H]2C(=O)N([C@H](C)CO)C(C(=O)N(CC=C)C(C)(C)CC(C)(C)C)C23CC[C@]1(CC)O3. The fourth-order valence-electron chi connectivity index (χ4n) is 7.49. The maximum Gasteiger partial charge on any atom is 0.312 e. The van der Waals surface area contributed by atoms with Gasteiger partial charge in [0, 0.05) is 12.1 Å². The minimum absolute atomic E-state index is 0.0531. The van der Waals surface area contributed by atoms with Crippen LogP contribution in [0.1, 0.15) is 80.6 Å². The standard InChI is InChI=1S/C30H48N2O6/c1-10-13-17-37-26(36)22-21-24(34)32(20(4)18-33)23(30(21)15-14-29(22,12-3)38-30)25(35)31(16-11-2)28(8,9)19-27(5,6)7/h10-11,20-23,33H,1-2,12-19H2,3-9H3/t20-,21+,22-,23?,29+,30?/m1/s1. The minimum atomic E-state index is -1.16. The Morgan fingerprint density at radius 1 is 1.24 bits per heavy atom. The zero-order chi connectivity index (χ0) is 28.7. The summed E-state index contributed by atoms with van der Waals surface area (Å²) in [4.78, 5) is 45.6. The molecular weight excluding hydrogens is 484 g/mol. The number of fused-ring (bicyclic) bond motifs is 1. The van der Waals surface area contributed by atoms with Crippen LogP contribution < -0.4 is 0 Å². The van der Waals surface area contributed by atoms with Crippen LogP contribution in [0.4, 0.5) is 0 Å². The molecule has 2 bridgehead atoms. The Morgan fingerprint density at radius 3 is 2.42 bits per heavy atom. The van der Waals surface area contributed by atoms with Crippen molar-refractivity contribution in [1.82, 2.24) is 9.80 Å². The number of carbonyl (C=O) groups excluding carboxylic acids is 3. The molecule has 214 valence electrons. The van der Waals surface area contributed by atoms with Gasteiger partial charge in [-0.3, -0.25) is 14.4 Å². The summed E-state index contributed by atoms with van der Waals surface area (Å²) in [6.45, 7) is 21.9. The molecule has 3 aliphatic heterocycles. The van der Waals surface area contributed by atoms with Crippen LogP contribution in [0.5, 0.6) is 0 Å². The molecule has 2 unspecified atom stereocenters. The summed E-state index contributed by atoms with van der Waals surface area (Å²) in [6, 6.07) is -1.58. The number of esters is 1. The molecule has 3 saturated heterocycles. The van der Waals surface area contributed by atoms with Crippen molar-refractivity contribution in [3.8, 4) is 0 Å². The third-order valence-corrected chi connectivity index (χ3v) is 8.68. The molecule has 0 aromatic rings. The van der Waals surface area contributed by atoms with Gasteiger partial charge in [-0.2, -0.15) is 0 Å². The number of rotatable bonds is 12. The highest BCUT2D eigenvalue weighted by Crippen LogP contribution is 2.65. The van der Waals surface area contributed by atoms with E-state index in [0.717, 1.165) is 6.42 Å². The van der Waals surface area contributed by atoms with Crippen LogP contribution in [0.15, 0.2) is 25.3 Å². The quantitative estimate of drug-likeness (QED) is 0.233. The molecule has 0 saturated carbocycles. The van der Waals surface area contributed by atoms with Crippen LogP contribution in [0.2, 0.25) is 0 Å². The van der Waals surface area contributed by atoms with Gasteiger partial charge < -0.3 is 24.4 Å². The lowest BCUT2D eigenvalue weighted by atomic mass is 9.65. The smallest absolute Gasteiger partial charge is 0.312 e. The first-order chi connectivity index (χ1) is 17.7. The van der Waals surface area contributed by atoms with Crippen molar-refractivity contribution in [2.24, 2.45) is 17.3 Å². The Balaban J connectivity index is 2.12. The summed E-state index contributed by atoms with van der Waals surface area (Å²) in [5.41, 5.74) is -2.62. The van der Waals surface area contributed by atoms with Crippen LogP contribution in [0.25, 0.3) is 0 Å². The van der Waals surface area contributed by atoms with Crippen LogP contribution in [-0.4, -0.2) is 81.3 Å². The van der Waals surface area contributed by atoms with Gasteiger partial charge in [-0.1, -0.05) is 39.8 Å². The average Bonchev–Trinajstić information content (AvgIpc) is 3.43. The largest absolute Gasteiger partial charge is 0.465 e. The minimum Gasteiger partial charge on any atom is -0.465 e. The van der Waals surface area contributed by atoms with Crippen molar-refractivity contribution in [2.75, 3.05) is 19.8 Å². The molecule has 1 N–H and O–H groups in total. The molecule has 3 heterocycles. The molecule has 8 heteroatoms. The van der Waals surface area contributed by atoms with E-state index in [1.54, 1.807) is 24.0 Å². The van der Waals surface area contributed by atoms with Gasteiger partial charge in [0.25, 0.3) is 0 Å². The molecule has 1 spiro atoms. The first-order valence-corrected chi connectivity index (χ1v) is 14.0. The number of hydrogen-bond acceptors (Lipinski definition) is 6. The number of carbonyl (C=O) groups is 3. The van der Waals surface area contributed by atoms with Gasteiger partial charge in [-0.25, -0.2) is 0 Å². The van der Waals surface area contributed by atoms with Gasteiger partial charge in [0.2, 0.25) is 11.8 Å². The molecule has 38 heavy (non-hydrogen) atoms. The van der Waals surface area contributed by atoms with E-state index < -0.39 is 46.6 Å². The summed E-state index contributed by atoms with van der Waals surface area (Å²) in [5, 5.41) is 10.1. The summed E-state index contributed by atoms with van der Waals surface area (Å²) in [5.74, 6) is -2.66. The molecule has 3 fully saturated rings. The maximum absolute atomic E-state index is 14.6. The van der Waals surface area contributed by atoms with Gasteiger partial charge in [0.15, 0.2) is 0 Å². The van der Waals surface area contributed by atoms with Gasteiger partial charge >= 0.3 is 5.97 Å². The summed E-state index contributed by atoms with van der Waals surface area (Å²) >= 11 is 0. The molecule has 0 aliphatic carbocycles. The summed E-state index contributed by atoms with van der Waals surface area (Å²) < 4.78 is 12.4. The lowest BCUT2D eigenvalue weighted by Gasteiger charge is -2.46. The van der Waals surface area contributed by atoms with Crippen molar-refractivity contribution in [3.63, 3.8) is 0 Å². The second kappa shape index (κ2) is 10.8. The Bertz CT molecular complexity index is 955. The zero-order valence-electron chi connectivity index (χ0n) is 24.4. The second-order valence-corrected chi connectivity index (χ2v) is 13.1. The van der Waals surface area contributed by atoms with Crippen molar-refractivity contribution in [2.45, 2.75) is 109 Å². The van der Waals surface area contributed by atoms with Crippen LogP contribution in [0, 0.1) is 17.3 Å². The Morgan fingerprint density at radius 2 is 1.89 bits per heavy atom. The Labute approximate surface area is 228 Å². The normalized spacial score (nSPS) is 31.2. The lowest BCUT2D eigenvalue weighted by Crippen LogP contribution is -2.62. The van der Waals surface area contributed by atoms with Gasteiger partial charge in [-0.15, -0.1) is 13.2 Å². The monoisotopic (exact) mass is 532 g/mol. The van der Waals surface area contributed by atoms with E-state index in [0.29, 0.717) is 32.2 Å². The number of amides is 2. The molecule has 0 aromatic carbocycles. The number of ether oxygens (including phenoxy) is 2. The third kappa shape index (κ3) is 4.94. The predicted molar refractivity (Wildman–Crippen MR) is 146 cm³/mol. The van der Waals surface area contributed by atoms with E-state index in [9.17, 15) is 19.5 Å². The van der Waals surface area contributed by atoms with Gasteiger partial charge in [0.1, 0.15) is 17.6 Å². The van der Waals surface area contributed by atoms with E-state index in [-0.39, 0.29) is 30.4 Å². The number of hydrogen-bond donors (Lipinski definition) is 1. The van der Waals surface area contributed by atoms with Crippen LogP contribution in [-0.2, 0) is 23.9 Å². The van der Waals surface area contributed by atoms with E-state index in [2.05, 4.69) is 33.9 Å². The third-order valence-electron chi connectivity index (χ3n) is 8.68. The van der Waals surface area contributed by atoms with Crippen LogP contribution >= 0.6 is 0 Å². The maximum atomic E-state index is 14.6. The van der Waals surface area contributed by atoms with Crippen molar-refractivity contribution < 1.29 is 29.0 Å². The van der Waals surface area contributed by atoms with Gasteiger partial charge in [0.05, 0.1) is 30.8 Å². The highest BCUT2D eigenvalue weighted by atomic mass is 16.6. The molecule has 0 radical (unpaired) electrons. The highest BCUT2D eigenvalue weighted by molar-refractivity contribution is 5.99.